The van der Waals surface area contributed by atoms with Gasteiger partial charge in [-0.2, -0.15) is 10.2 Å². The number of ether oxygens (including phenoxy) is 2. The molecule has 1 aliphatic heterocycles. The molecule has 1 saturated heterocycles. The second kappa shape index (κ2) is 8.93. The number of benzene rings is 1. The Balaban J connectivity index is 1.48. The van der Waals surface area contributed by atoms with Gasteiger partial charge in [0.1, 0.15) is 12.4 Å². The van der Waals surface area contributed by atoms with Crippen molar-refractivity contribution in [1.29, 1.82) is 0 Å². The van der Waals surface area contributed by atoms with Gasteiger partial charge < -0.3 is 21.1 Å². The van der Waals surface area contributed by atoms with E-state index in [1.807, 2.05) is 30.4 Å². The standard InChI is InChI=1S/C21H26N6O2/c22-21(24-23)16-5-7-19-18(14-16)20(26-25-19)15-2-1-3-17(6-4-15)29-13-10-27-8-11-28-12-9-27/h1-2,4-7,14H,3,8-13,23H2,(H2,22,24)(H,25,26). The summed E-state index contributed by atoms with van der Waals surface area (Å²) in [6.45, 7) is 5.15. The number of hydrazone groups is 1. The van der Waals surface area contributed by atoms with E-state index < -0.39 is 0 Å². The van der Waals surface area contributed by atoms with E-state index in [1.54, 1.807) is 0 Å². The van der Waals surface area contributed by atoms with Gasteiger partial charge in [-0.25, -0.2) is 0 Å². The quantitative estimate of drug-likeness (QED) is 0.297. The second-order valence-electron chi connectivity index (χ2n) is 7.01. The summed E-state index contributed by atoms with van der Waals surface area (Å²) in [6, 6.07) is 5.74. The lowest BCUT2D eigenvalue weighted by atomic mass is 10.0. The molecule has 5 N–H and O–H groups in total. The number of morpholine rings is 1. The molecule has 1 aromatic heterocycles. The monoisotopic (exact) mass is 394 g/mol. The fraction of sp³-hybridized carbons (Fsp3) is 0.333. The number of aromatic nitrogens is 2. The van der Waals surface area contributed by atoms with E-state index in [0.717, 1.165) is 72.8 Å². The number of rotatable bonds is 6. The van der Waals surface area contributed by atoms with Crippen molar-refractivity contribution in [2.75, 3.05) is 39.5 Å². The van der Waals surface area contributed by atoms with Gasteiger partial charge in [0.15, 0.2) is 0 Å². The van der Waals surface area contributed by atoms with Gasteiger partial charge >= 0.3 is 0 Å². The Morgan fingerprint density at radius 1 is 1.28 bits per heavy atom. The third kappa shape index (κ3) is 4.49. The number of amidine groups is 1. The van der Waals surface area contributed by atoms with Crippen LogP contribution in [-0.2, 0) is 9.47 Å². The first-order valence-corrected chi connectivity index (χ1v) is 9.77. The maximum Gasteiger partial charge on any atom is 0.150 e. The average Bonchev–Trinajstić information content (AvgIpc) is 3.04. The Labute approximate surface area is 169 Å². The van der Waals surface area contributed by atoms with Crippen molar-refractivity contribution in [1.82, 2.24) is 15.1 Å². The van der Waals surface area contributed by atoms with Gasteiger partial charge in [0, 0.05) is 42.6 Å². The van der Waals surface area contributed by atoms with Gasteiger partial charge in [-0.15, -0.1) is 0 Å². The molecule has 2 aromatic rings. The first kappa shape index (κ1) is 19.2. The third-order valence-electron chi connectivity index (χ3n) is 5.14. The molecule has 2 heterocycles. The maximum absolute atomic E-state index is 5.99. The molecule has 0 amide bonds. The largest absolute Gasteiger partial charge is 0.496 e. The summed E-state index contributed by atoms with van der Waals surface area (Å²) in [5, 5.41) is 12.1. The molecule has 1 aromatic carbocycles. The van der Waals surface area contributed by atoms with E-state index in [2.05, 4.69) is 32.4 Å². The molecule has 4 rings (SSSR count). The Bertz CT molecular complexity index is 982. The minimum Gasteiger partial charge on any atom is -0.496 e. The molecule has 0 bridgehead atoms. The normalized spacial score (nSPS) is 18.4. The van der Waals surface area contributed by atoms with Crippen LogP contribution >= 0.6 is 0 Å². The first-order chi connectivity index (χ1) is 14.2. The summed E-state index contributed by atoms with van der Waals surface area (Å²) in [5.74, 6) is 6.55. The summed E-state index contributed by atoms with van der Waals surface area (Å²) >= 11 is 0. The molecule has 1 aliphatic carbocycles. The van der Waals surface area contributed by atoms with E-state index >= 15 is 0 Å². The number of fused-ring (bicyclic) bond motifs is 1. The topological polar surface area (TPSA) is 115 Å². The lowest BCUT2D eigenvalue weighted by molar-refractivity contribution is 0.0273. The Morgan fingerprint density at radius 3 is 2.97 bits per heavy atom. The smallest absolute Gasteiger partial charge is 0.150 e. The minimum absolute atomic E-state index is 0.292. The van der Waals surface area contributed by atoms with Crippen LogP contribution in [0.2, 0.25) is 0 Å². The van der Waals surface area contributed by atoms with Crippen molar-refractivity contribution < 1.29 is 9.47 Å². The van der Waals surface area contributed by atoms with Crippen molar-refractivity contribution in [2.24, 2.45) is 16.7 Å². The number of nitrogens with one attached hydrogen (secondary N) is 1. The predicted octanol–water partition coefficient (Wildman–Crippen LogP) is 1.72. The van der Waals surface area contributed by atoms with Crippen molar-refractivity contribution in [3.63, 3.8) is 0 Å². The molecular formula is C21H26N6O2. The zero-order chi connectivity index (χ0) is 20.1. The van der Waals surface area contributed by atoms with Gasteiger partial charge in [-0.3, -0.25) is 10.00 Å². The minimum atomic E-state index is 0.292. The fourth-order valence-corrected chi connectivity index (χ4v) is 3.47. The summed E-state index contributed by atoms with van der Waals surface area (Å²) in [7, 11) is 0. The van der Waals surface area contributed by atoms with Crippen molar-refractivity contribution >= 4 is 22.3 Å². The Kier molecular flexibility index (Phi) is 5.92. The molecule has 0 atom stereocenters. The van der Waals surface area contributed by atoms with Crippen LogP contribution in [-0.4, -0.2) is 60.4 Å². The van der Waals surface area contributed by atoms with E-state index in [0.29, 0.717) is 12.4 Å². The maximum atomic E-state index is 5.99. The van der Waals surface area contributed by atoms with Crippen LogP contribution in [0.15, 0.2) is 53.4 Å². The molecule has 0 saturated carbocycles. The van der Waals surface area contributed by atoms with Crippen LogP contribution in [0, 0.1) is 0 Å². The van der Waals surface area contributed by atoms with Crippen molar-refractivity contribution in [3.05, 3.63) is 59.5 Å². The highest BCUT2D eigenvalue weighted by atomic mass is 16.5. The van der Waals surface area contributed by atoms with Crippen molar-refractivity contribution in [3.8, 4) is 0 Å². The number of hydrogen-bond acceptors (Lipinski definition) is 6. The summed E-state index contributed by atoms with van der Waals surface area (Å²) in [5.41, 5.74) is 9.41. The molecule has 0 radical (unpaired) electrons. The molecule has 152 valence electrons. The van der Waals surface area contributed by atoms with E-state index in [9.17, 15) is 0 Å². The molecule has 0 unspecified atom stereocenters. The second-order valence-corrected chi connectivity index (χ2v) is 7.01. The highest BCUT2D eigenvalue weighted by Crippen LogP contribution is 2.27. The molecule has 29 heavy (non-hydrogen) atoms. The van der Waals surface area contributed by atoms with Crippen LogP contribution in [0.1, 0.15) is 17.7 Å². The molecule has 8 nitrogen and oxygen atoms in total. The number of nitrogens with zero attached hydrogens (tertiary/aromatic N) is 3. The Morgan fingerprint density at radius 2 is 2.14 bits per heavy atom. The van der Waals surface area contributed by atoms with E-state index in [4.69, 9.17) is 21.1 Å². The van der Waals surface area contributed by atoms with Gasteiger partial charge in [-0.05, 0) is 30.4 Å². The zero-order valence-corrected chi connectivity index (χ0v) is 16.3. The molecular weight excluding hydrogens is 368 g/mol. The predicted molar refractivity (Wildman–Crippen MR) is 114 cm³/mol. The third-order valence-corrected chi connectivity index (χ3v) is 5.14. The SMILES string of the molecule is N/N=C(\N)c1ccc2[nH]nc(C3=CC=C(OCCN4CCOCC4)CC=C3)c2c1. The lowest BCUT2D eigenvalue weighted by Gasteiger charge is -2.26. The number of allylic oxidation sites excluding steroid dienone is 5. The summed E-state index contributed by atoms with van der Waals surface area (Å²) < 4.78 is 11.4. The highest BCUT2D eigenvalue weighted by molar-refractivity contribution is 6.02. The molecule has 8 heteroatoms. The van der Waals surface area contributed by atoms with Gasteiger partial charge in [0.25, 0.3) is 0 Å². The number of aromatic amines is 1. The van der Waals surface area contributed by atoms with Gasteiger partial charge in [0.2, 0.25) is 0 Å². The average molecular weight is 394 g/mol. The van der Waals surface area contributed by atoms with Crippen molar-refractivity contribution in [2.45, 2.75) is 6.42 Å². The molecule has 0 spiro atoms. The summed E-state index contributed by atoms with van der Waals surface area (Å²) in [4.78, 5) is 2.36. The number of nitrogens with two attached hydrogens (primary N) is 2. The molecule has 1 fully saturated rings. The van der Waals surface area contributed by atoms with E-state index in [1.165, 1.54) is 0 Å². The van der Waals surface area contributed by atoms with Crippen LogP contribution in [0.3, 0.4) is 0 Å². The van der Waals surface area contributed by atoms with Crippen LogP contribution < -0.4 is 11.6 Å². The zero-order valence-electron chi connectivity index (χ0n) is 16.3. The Hall–Kier alpha value is -3.10. The van der Waals surface area contributed by atoms with Gasteiger partial charge in [-0.1, -0.05) is 12.2 Å². The van der Waals surface area contributed by atoms with Crippen LogP contribution in [0.25, 0.3) is 16.5 Å². The lowest BCUT2D eigenvalue weighted by Crippen LogP contribution is -2.38. The molecule has 2 aliphatic rings. The van der Waals surface area contributed by atoms with Crippen LogP contribution in [0.4, 0.5) is 0 Å². The summed E-state index contributed by atoms with van der Waals surface area (Å²) in [6.07, 6.45) is 8.98. The number of H-pyrrole nitrogens is 1. The number of hydrogen-bond donors (Lipinski definition) is 3. The van der Waals surface area contributed by atoms with E-state index in [-0.39, 0.29) is 0 Å². The highest BCUT2D eigenvalue weighted by Gasteiger charge is 2.13. The van der Waals surface area contributed by atoms with Crippen LogP contribution in [0.5, 0.6) is 0 Å². The fourth-order valence-electron chi connectivity index (χ4n) is 3.47. The first-order valence-electron chi connectivity index (χ1n) is 9.77. The van der Waals surface area contributed by atoms with Gasteiger partial charge in [0.05, 0.1) is 30.2 Å².